The van der Waals surface area contributed by atoms with Gasteiger partial charge in [-0.05, 0) is 19.4 Å². The van der Waals surface area contributed by atoms with E-state index in [1.54, 1.807) is 6.92 Å². The van der Waals surface area contributed by atoms with E-state index >= 15 is 0 Å². The summed E-state index contributed by atoms with van der Waals surface area (Å²) in [6.07, 6.45) is 0.480. The van der Waals surface area contributed by atoms with E-state index in [1.807, 2.05) is 0 Å². The highest BCUT2D eigenvalue weighted by Gasteiger charge is 2.24. The molecule has 1 aliphatic heterocycles. The van der Waals surface area contributed by atoms with Gasteiger partial charge in [0.1, 0.15) is 6.04 Å². The molecule has 1 saturated heterocycles. The Labute approximate surface area is 155 Å². The molecule has 0 aliphatic carbocycles. The van der Waals surface area contributed by atoms with Crippen molar-refractivity contribution in [2.24, 2.45) is 5.92 Å². The van der Waals surface area contributed by atoms with E-state index in [2.05, 4.69) is 14.8 Å². The summed E-state index contributed by atoms with van der Waals surface area (Å²) in [4.78, 5) is 67.7. The first-order valence-electron chi connectivity index (χ1n) is 8.58. The van der Waals surface area contributed by atoms with Gasteiger partial charge in [-0.15, -0.1) is 0 Å². The Balaban J connectivity index is 2.21. The first kappa shape index (κ1) is 22.4. The average molecular weight is 385 g/mol. The van der Waals surface area contributed by atoms with Gasteiger partial charge in [0.05, 0.1) is 25.9 Å². The van der Waals surface area contributed by atoms with Crippen LogP contribution in [0.5, 0.6) is 0 Å². The fourth-order valence-corrected chi connectivity index (χ4v) is 2.20. The molecule has 1 unspecified atom stereocenters. The maximum absolute atomic E-state index is 11.7. The zero-order valence-corrected chi connectivity index (χ0v) is 15.3. The van der Waals surface area contributed by atoms with Crippen LogP contribution in [0.4, 0.5) is 0 Å². The normalized spacial score (nSPS) is 16.9. The molecule has 0 aromatic heterocycles. The second-order valence-corrected chi connectivity index (χ2v) is 6.25. The smallest absolute Gasteiger partial charge is 0.381 e. The molecular weight excluding hydrogens is 362 g/mol. The minimum Gasteiger partial charge on any atom is -0.464 e. The van der Waals surface area contributed by atoms with Crippen LogP contribution in [0.2, 0.25) is 0 Å². The average Bonchev–Trinajstić information content (AvgIpc) is 3.12. The Morgan fingerprint density at radius 2 is 1.63 bits per heavy atom. The molecule has 0 spiro atoms. The van der Waals surface area contributed by atoms with Crippen molar-refractivity contribution in [3.63, 3.8) is 0 Å². The highest BCUT2D eigenvalue weighted by atomic mass is 16.6. The maximum atomic E-state index is 11.7. The summed E-state index contributed by atoms with van der Waals surface area (Å²) in [7, 11) is 0. The van der Waals surface area contributed by atoms with Crippen LogP contribution in [0.25, 0.3) is 0 Å². The molecular formula is C17H23NO9. The Morgan fingerprint density at radius 1 is 1.00 bits per heavy atom. The molecule has 0 aromatic carbocycles. The lowest BCUT2D eigenvalue weighted by Gasteiger charge is -2.14. The summed E-state index contributed by atoms with van der Waals surface area (Å²) in [5, 5.41) is 3.00. The van der Waals surface area contributed by atoms with E-state index < -0.39 is 42.5 Å². The molecule has 0 aromatic rings. The second kappa shape index (κ2) is 11.2. The number of nitrogens with one attached hydrogen (secondary N) is 1. The fraction of sp³-hybridized carbons (Fsp3) is 0.647. The van der Waals surface area contributed by atoms with E-state index in [-0.39, 0.29) is 31.0 Å². The number of hydrogen-bond acceptors (Lipinski definition) is 10. The number of carbonyl (C=O) groups is 6. The van der Waals surface area contributed by atoms with Crippen molar-refractivity contribution in [1.82, 2.24) is 5.32 Å². The SMILES string of the molecule is CC(=O)C(=O)OC(=O)CCC(=O)OC(=O)CC(C)COC(=O)[C@@H]1CCCN1. The first-order chi connectivity index (χ1) is 12.7. The summed E-state index contributed by atoms with van der Waals surface area (Å²) in [6, 6.07) is -0.319. The molecule has 1 heterocycles. The molecule has 1 N–H and O–H groups in total. The fourth-order valence-electron chi connectivity index (χ4n) is 2.20. The lowest BCUT2D eigenvalue weighted by Crippen LogP contribution is -2.33. The zero-order valence-electron chi connectivity index (χ0n) is 15.3. The Kier molecular flexibility index (Phi) is 9.27. The number of ether oxygens (including phenoxy) is 3. The van der Waals surface area contributed by atoms with E-state index in [0.717, 1.165) is 19.9 Å². The highest BCUT2D eigenvalue weighted by Crippen LogP contribution is 2.10. The standard InChI is InChI=1S/C17H23NO9/c1-10(9-25-17(24)12-4-3-7-18-12)8-15(22)26-13(20)5-6-14(21)27-16(23)11(2)19/h10,12,18H,3-9H2,1-2H3/t10?,12-/m0/s1. The van der Waals surface area contributed by atoms with E-state index in [4.69, 9.17) is 4.74 Å². The topological polar surface area (TPSA) is 142 Å². The summed E-state index contributed by atoms with van der Waals surface area (Å²) in [5.41, 5.74) is 0. The number of hydrogen-bond donors (Lipinski definition) is 1. The lowest BCUT2D eigenvalue weighted by atomic mass is 10.1. The summed E-state index contributed by atoms with van der Waals surface area (Å²) >= 11 is 0. The van der Waals surface area contributed by atoms with E-state index in [1.165, 1.54) is 0 Å². The van der Waals surface area contributed by atoms with Crippen molar-refractivity contribution in [2.75, 3.05) is 13.2 Å². The molecule has 0 radical (unpaired) electrons. The monoisotopic (exact) mass is 385 g/mol. The van der Waals surface area contributed by atoms with Crippen LogP contribution in [0.15, 0.2) is 0 Å². The maximum Gasteiger partial charge on any atom is 0.381 e. The molecule has 1 aliphatic rings. The number of carbonyl (C=O) groups excluding carboxylic acids is 6. The summed E-state index contributed by atoms with van der Waals surface area (Å²) < 4.78 is 13.8. The lowest BCUT2D eigenvalue weighted by molar-refractivity contribution is -0.167. The Bertz CT molecular complexity index is 608. The van der Waals surface area contributed by atoms with Crippen molar-refractivity contribution in [2.45, 2.75) is 52.0 Å². The van der Waals surface area contributed by atoms with Crippen LogP contribution >= 0.6 is 0 Å². The van der Waals surface area contributed by atoms with Crippen LogP contribution < -0.4 is 5.32 Å². The van der Waals surface area contributed by atoms with E-state index in [9.17, 15) is 28.8 Å². The molecule has 10 heteroatoms. The number of rotatable bonds is 9. The molecule has 1 fully saturated rings. The minimum absolute atomic E-state index is 0.0137. The largest absolute Gasteiger partial charge is 0.464 e. The van der Waals surface area contributed by atoms with Gasteiger partial charge in [0.15, 0.2) is 0 Å². The molecule has 1 rings (SSSR count). The van der Waals surface area contributed by atoms with Gasteiger partial charge < -0.3 is 19.5 Å². The minimum atomic E-state index is -1.32. The van der Waals surface area contributed by atoms with Gasteiger partial charge in [-0.1, -0.05) is 6.92 Å². The predicted molar refractivity (Wildman–Crippen MR) is 87.9 cm³/mol. The van der Waals surface area contributed by atoms with Crippen LogP contribution in [0.1, 0.15) is 46.0 Å². The predicted octanol–water partition coefficient (Wildman–Crippen LogP) is -0.183. The number of Topliss-reactive ketones (excluding diaryl/α,β-unsaturated/α-hetero) is 1. The van der Waals surface area contributed by atoms with Gasteiger partial charge in [0.2, 0.25) is 5.78 Å². The number of ketones is 1. The summed E-state index contributed by atoms with van der Waals surface area (Å²) in [6.45, 7) is 3.37. The molecule has 0 saturated carbocycles. The van der Waals surface area contributed by atoms with Gasteiger partial charge in [-0.25, -0.2) is 4.79 Å². The van der Waals surface area contributed by atoms with Crippen LogP contribution in [0, 0.1) is 5.92 Å². The molecule has 150 valence electrons. The summed E-state index contributed by atoms with van der Waals surface area (Å²) in [5.74, 6) is -5.85. The van der Waals surface area contributed by atoms with Crippen LogP contribution in [0.3, 0.4) is 0 Å². The molecule has 0 amide bonds. The molecule has 27 heavy (non-hydrogen) atoms. The molecule has 2 atom stereocenters. The van der Waals surface area contributed by atoms with Gasteiger partial charge in [-0.2, -0.15) is 0 Å². The van der Waals surface area contributed by atoms with Crippen molar-refractivity contribution in [3.05, 3.63) is 0 Å². The third-order valence-corrected chi connectivity index (χ3v) is 3.62. The molecule has 0 bridgehead atoms. The first-order valence-corrected chi connectivity index (χ1v) is 8.58. The van der Waals surface area contributed by atoms with Crippen LogP contribution in [-0.4, -0.2) is 54.8 Å². The van der Waals surface area contributed by atoms with Crippen LogP contribution in [-0.2, 0) is 43.0 Å². The van der Waals surface area contributed by atoms with Crippen molar-refractivity contribution in [1.29, 1.82) is 0 Å². The van der Waals surface area contributed by atoms with Gasteiger partial charge >= 0.3 is 29.8 Å². The van der Waals surface area contributed by atoms with Gasteiger partial charge in [-0.3, -0.25) is 24.0 Å². The Morgan fingerprint density at radius 3 is 2.19 bits per heavy atom. The van der Waals surface area contributed by atoms with Crippen molar-refractivity contribution < 1.29 is 43.0 Å². The van der Waals surface area contributed by atoms with Gasteiger partial charge in [0.25, 0.3) is 0 Å². The highest BCUT2D eigenvalue weighted by molar-refractivity contribution is 6.34. The van der Waals surface area contributed by atoms with Crippen molar-refractivity contribution >= 4 is 35.6 Å². The van der Waals surface area contributed by atoms with E-state index in [0.29, 0.717) is 6.42 Å². The van der Waals surface area contributed by atoms with Gasteiger partial charge in [0, 0.05) is 12.8 Å². The third kappa shape index (κ3) is 9.04. The van der Waals surface area contributed by atoms with Crippen molar-refractivity contribution in [3.8, 4) is 0 Å². The quantitative estimate of drug-likeness (QED) is 0.246. The molecule has 10 nitrogen and oxygen atoms in total. The third-order valence-electron chi connectivity index (χ3n) is 3.62. The Hall–Kier alpha value is -2.62. The zero-order chi connectivity index (χ0) is 20.4. The second-order valence-electron chi connectivity index (χ2n) is 6.25. The number of esters is 5.